The van der Waals surface area contributed by atoms with Gasteiger partial charge in [0.05, 0.1) is 6.61 Å². The molecule has 0 N–H and O–H groups in total. The van der Waals surface area contributed by atoms with Crippen molar-refractivity contribution in [3.8, 4) is 5.75 Å². The molecule has 12 heavy (non-hydrogen) atoms. The zero-order chi connectivity index (χ0) is 8.81. The van der Waals surface area contributed by atoms with Crippen molar-refractivity contribution in [2.75, 3.05) is 6.61 Å². The first kappa shape index (κ1) is 9.69. The Balaban J connectivity index is 2.25. The Hall–Kier alpha value is -0.400. The SMILES string of the molecule is Cl[C](Cl)CCOc1ccccc1. The fraction of sp³-hybridized carbons (Fsp3) is 0.222. The van der Waals surface area contributed by atoms with E-state index in [4.69, 9.17) is 27.9 Å². The molecule has 1 aromatic carbocycles. The summed E-state index contributed by atoms with van der Waals surface area (Å²) in [6, 6.07) is 9.56. The molecule has 0 bridgehead atoms. The molecule has 1 radical (unpaired) electrons. The Kier molecular flexibility index (Phi) is 4.26. The summed E-state index contributed by atoms with van der Waals surface area (Å²) in [6.45, 7) is 0.520. The largest absolute Gasteiger partial charge is 0.493 e. The van der Waals surface area contributed by atoms with Crippen molar-refractivity contribution in [1.29, 1.82) is 0 Å². The van der Waals surface area contributed by atoms with Crippen LogP contribution in [0.2, 0.25) is 0 Å². The summed E-state index contributed by atoms with van der Waals surface area (Å²) in [5.74, 6) is 0.840. The van der Waals surface area contributed by atoms with Crippen LogP contribution in [0.4, 0.5) is 0 Å². The maximum absolute atomic E-state index is 5.45. The summed E-state index contributed by atoms with van der Waals surface area (Å²) >= 11 is 10.9. The van der Waals surface area contributed by atoms with Crippen molar-refractivity contribution in [1.82, 2.24) is 0 Å². The number of hydrogen-bond acceptors (Lipinski definition) is 1. The van der Waals surface area contributed by atoms with Gasteiger partial charge >= 0.3 is 0 Å². The molecule has 0 spiro atoms. The van der Waals surface area contributed by atoms with Gasteiger partial charge < -0.3 is 4.74 Å². The number of halogens is 2. The second kappa shape index (κ2) is 5.28. The van der Waals surface area contributed by atoms with Gasteiger partial charge in [0, 0.05) is 6.42 Å². The Bertz CT molecular complexity index is 211. The zero-order valence-electron chi connectivity index (χ0n) is 6.47. The van der Waals surface area contributed by atoms with Crippen molar-refractivity contribution in [2.45, 2.75) is 6.42 Å². The van der Waals surface area contributed by atoms with Crippen LogP contribution in [0.15, 0.2) is 30.3 Å². The molecule has 0 amide bonds. The minimum Gasteiger partial charge on any atom is -0.493 e. The highest BCUT2D eigenvalue weighted by Crippen LogP contribution is 2.17. The van der Waals surface area contributed by atoms with Gasteiger partial charge in [0.15, 0.2) is 4.84 Å². The zero-order valence-corrected chi connectivity index (χ0v) is 7.98. The third-order valence-electron chi connectivity index (χ3n) is 1.30. The molecule has 0 aliphatic heterocycles. The number of para-hydroxylation sites is 1. The van der Waals surface area contributed by atoms with Crippen LogP contribution in [0, 0.1) is 4.84 Å². The predicted molar refractivity (Wildman–Crippen MR) is 51.5 cm³/mol. The van der Waals surface area contributed by atoms with Crippen LogP contribution in [0.25, 0.3) is 0 Å². The van der Waals surface area contributed by atoms with Crippen LogP contribution in [-0.4, -0.2) is 6.61 Å². The van der Waals surface area contributed by atoms with Gasteiger partial charge in [-0.1, -0.05) is 41.4 Å². The molecule has 0 unspecified atom stereocenters. The number of rotatable bonds is 4. The first-order valence-electron chi connectivity index (χ1n) is 3.64. The van der Waals surface area contributed by atoms with Crippen LogP contribution in [0.1, 0.15) is 6.42 Å². The minimum atomic E-state index is 0.353. The minimum absolute atomic E-state index is 0.353. The number of benzene rings is 1. The average molecular weight is 204 g/mol. The molecule has 1 aromatic rings. The lowest BCUT2D eigenvalue weighted by Crippen LogP contribution is -1.97. The summed E-state index contributed by atoms with van der Waals surface area (Å²) in [5.41, 5.74) is 0. The molecule has 0 saturated carbocycles. The van der Waals surface area contributed by atoms with Crippen molar-refractivity contribution in [2.24, 2.45) is 0 Å². The van der Waals surface area contributed by atoms with E-state index in [0.29, 0.717) is 17.9 Å². The molecular weight excluding hydrogens is 195 g/mol. The van der Waals surface area contributed by atoms with Gasteiger partial charge in [0.25, 0.3) is 0 Å². The predicted octanol–water partition coefficient (Wildman–Crippen LogP) is 3.42. The monoisotopic (exact) mass is 203 g/mol. The average Bonchev–Trinajstić information content (AvgIpc) is 2.05. The van der Waals surface area contributed by atoms with Crippen LogP contribution >= 0.6 is 23.2 Å². The molecular formula is C9H9Cl2O. The van der Waals surface area contributed by atoms with Gasteiger partial charge in [0.2, 0.25) is 0 Å². The van der Waals surface area contributed by atoms with E-state index in [0.717, 1.165) is 5.75 Å². The van der Waals surface area contributed by atoms with E-state index in [1.807, 2.05) is 30.3 Å². The third-order valence-corrected chi connectivity index (χ3v) is 1.68. The van der Waals surface area contributed by atoms with Gasteiger partial charge in [-0.05, 0) is 12.1 Å². The quantitative estimate of drug-likeness (QED) is 0.729. The molecule has 1 nitrogen and oxygen atoms in total. The lowest BCUT2D eigenvalue weighted by molar-refractivity contribution is 0.321. The van der Waals surface area contributed by atoms with E-state index < -0.39 is 0 Å². The van der Waals surface area contributed by atoms with Gasteiger partial charge in [-0.2, -0.15) is 0 Å². The van der Waals surface area contributed by atoms with Crippen molar-refractivity contribution < 1.29 is 4.74 Å². The smallest absolute Gasteiger partial charge is 0.154 e. The molecule has 0 saturated heterocycles. The summed E-state index contributed by atoms with van der Waals surface area (Å²) in [6.07, 6.45) is 0.567. The Morgan fingerprint density at radius 3 is 2.42 bits per heavy atom. The normalized spacial score (nSPS) is 10.2. The number of hydrogen-bond donors (Lipinski definition) is 0. The second-order valence-corrected chi connectivity index (χ2v) is 3.36. The molecule has 0 heterocycles. The molecule has 0 fully saturated rings. The first-order chi connectivity index (χ1) is 5.79. The van der Waals surface area contributed by atoms with Gasteiger partial charge in [0.1, 0.15) is 5.75 Å². The topological polar surface area (TPSA) is 9.23 Å². The van der Waals surface area contributed by atoms with E-state index in [2.05, 4.69) is 0 Å². The lowest BCUT2D eigenvalue weighted by atomic mass is 10.3. The first-order valence-corrected chi connectivity index (χ1v) is 4.39. The van der Waals surface area contributed by atoms with Gasteiger partial charge in [-0.3, -0.25) is 0 Å². The molecule has 0 atom stereocenters. The highest BCUT2D eigenvalue weighted by molar-refractivity contribution is 6.52. The molecule has 0 aliphatic rings. The maximum Gasteiger partial charge on any atom is 0.154 e. The fourth-order valence-electron chi connectivity index (χ4n) is 0.763. The molecule has 0 aromatic heterocycles. The molecule has 1 rings (SSSR count). The van der Waals surface area contributed by atoms with E-state index in [1.54, 1.807) is 0 Å². The molecule has 65 valence electrons. The fourth-order valence-corrected chi connectivity index (χ4v) is 0.917. The van der Waals surface area contributed by atoms with Gasteiger partial charge in [-0.15, -0.1) is 0 Å². The Labute approximate surface area is 82.2 Å². The third kappa shape index (κ3) is 3.84. The standard InChI is InChI=1S/C9H9Cl2O/c10-9(11)6-7-12-8-4-2-1-3-5-8/h1-5H,6-7H2. The summed E-state index contributed by atoms with van der Waals surface area (Å²) in [5, 5.41) is 0. The maximum atomic E-state index is 5.45. The van der Waals surface area contributed by atoms with E-state index in [1.165, 1.54) is 0 Å². The van der Waals surface area contributed by atoms with Gasteiger partial charge in [-0.25, -0.2) is 0 Å². The highest BCUT2D eigenvalue weighted by atomic mass is 35.5. The van der Waals surface area contributed by atoms with Crippen LogP contribution in [0.3, 0.4) is 0 Å². The van der Waals surface area contributed by atoms with Crippen molar-refractivity contribution in [3.05, 3.63) is 35.2 Å². The van der Waals surface area contributed by atoms with E-state index >= 15 is 0 Å². The van der Waals surface area contributed by atoms with Crippen LogP contribution in [-0.2, 0) is 0 Å². The van der Waals surface area contributed by atoms with E-state index in [9.17, 15) is 0 Å². The van der Waals surface area contributed by atoms with Crippen LogP contribution in [0.5, 0.6) is 5.75 Å². The Morgan fingerprint density at radius 2 is 1.83 bits per heavy atom. The molecule has 3 heteroatoms. The lowest BCUT2D eigenvalue weighted by Gasteiger charge is -2.04. The summed E-state index contributed by atoms with van der Waals surface area (Å²) in [4.78, 5) is 0.353. The second-order valence-electron chi connectivity index (χ2n) is 2.25. The Morgan fingerprint density at radius 1 is 1.17 bits per heavy atom. The highest BCUT2D eigenvalue weighted by Gasteiger charge is 1.99. The molecule has 0 aliphatic carbocycles. The summed E-state index contributed by atoms with van der Waals surface area (Å²) in [7, 11) is 0. The number of ether oxygens (including phenoxy) is 1. The van der Waals surface area contributed by atoms with Crippen LogP contribution < -0.4 is 4.74 Å². The summed E-state index contributed by atoms with van der Waals surface area (Å²) < 4.78 is 5.33. The van der Waals surface area contributed by atoms with Crippen molar-refractivity contribution >= 4 is 23.2 Å². The van der Waals surface area contributed by atoms with E-state index in [-0.39, 0.29) is 0 Å². The van der Waals surface area contributed by atoms with Crippen molar-refractivity contribution in [3.63, 3.8) is 0 Å².